The van der Waals surface area contributed by atoms with Crippen LogP contribution in [0.3, 0.4) is 0 Å². The fourth-order valence-electron chi connectivity index (χ4n) is 3.67. The zero-order valence-electron chi connectivity index (χ0n) is 15.8. The summed E-state index contributed by atoms with van der Waals surface area (Å²) in [4.78, 5) is 37.3. The molecule has 9 heteroatoms. The number of carbonyl (C=O) groups is 3. The standard InChI is InChI=1S/C21H18BrN3O4S/c22-11-16(26)23-17-19(27)25-18(21(28)29)14(12-30-20(17)25)7-4-10-24-9-3-6-13-5-1-2-8-15(13)24/h1-9,17,20H,10-12H2,(H-,23,26,28,29)/p+1/t17-,20-/m1/s1. The Kier molecular flexibility index (Phi) is 5.92. The van der Waals surface area contributed by atoms with Gasteiger partial charge in [-0.15, -0.1) is 11.8 Å². The fourth-order valence-corrected chi connectivity index (χ4v) is 5.15. The van der Waals surface area contributed by atoms with Crippen LogP contribution in [0.4, 0.5) is 0 Å². The van der Waals surface area contributed by atoms with Gasteiger partial charge in [0.25, 0.3) is 5.91 Å². The number of thioether (sulfide) groups is 1. The maximum absolute atomic E-state index is 12.5. The SMILES string of the molecule is O=C(CBr)N[C@@H]1C(=O)N2C(C(=O)O)=C(C=CC[n+]3cccc4ccccc43)CS[C@H]12. The lowest BCUT2D eigenvalue weighted by Gasteiger charge is -2.49. The van der Waals surface area contributed by atoms with Gasteiger partial charge in [-0.1, -0.05) is 34.1 Å². The van der Waals surface area contributed by atoms with E-state index in [1.807, 2.05) is 48.7 Å². The second-order valence-corrected chi connectivity index (χ2v) is 8.56. The summed E-state index contributed by atoms with van der Waals surface area (Å²) < 4.78 is 2.08. The van der Waals surface area contributed by atoms with E-state index in [4.69, 9.17) is 0 Å². The van der Waals surface area contributed by atoms with Crippen molar-refractivity contribution in [3.8, 4) is 0 Å². The van der Waals surface area contributed by atoms with E-state index in [0.29, 0.717) is 17.9 Å². The van der Waals surface area contributed by atoms with E-state index in [2.05, 4.69) is 25.8 Å². The van der Waals surface area contributed by atoms with E-state index < -0.39 is 23.3 Å². The molecule has 1 aromatic heterocycles. The molecule has 30 heavy (non-hydrogen) atoms. The van der Waals surface area contributed by atoms with E-state index in [-0.39, 0.29) is 16.9 Å². The zero-order chi connectivity index (χ0) is 21.3. The van der Waals surface area contributed by atoms with E-state index in [9.17, 15) is 19.5 Å². The van der Waals surface area contributed by atoms with Gasteiger partial charge in [-0.25, -0.2) is 4.79 Å². The lowest BCUT2D eigenvalue weighted by molar-refractivity contribution is -0.661. The minimum Gasteiger partial charge on any atom is -0.477 e. The molecular weight excluding hydrogens is 470 g/mol. The van der Waals surface area contributed by atoms with Crippen LogP contribution >= 0.6 is 27.7 Å². The Bertz CT molecular complexity index is 1100. The second-order valence-electron chi connectivity index (χ2n) is 6.89. The third-order valence-corrected chi connectivity index (χ3v) is 6.86. The molecule has 4 rings (SSSR count). The second kappa shape index (κ2) is 8.61. The predicted octanol–water partition coefficient (Wildman–Crippen LogP) is 1.82. The van der Waals surface area contributed by atoms with Crippen molar-refractivity contribution in [1.82, 2.24) is 10.2 Å². The number of allylic oxidation sites excluding steroid dienone is 2. The van der Waals surface area contributed by atoms with Crippen molar-refractivity contribution in [3.05, 3.63) is 66.0 Å². The molecule has 3 heterocycles. The number of halogens is 1. The summed E-state index contributed by atoms with van der Waals surface area (Å²) in [6, 6.07) is 11.4. The maximum atomic E-state index is 12.5. The highest BCUT2D eigenvalue weighted by atomic mass is 79.9. The number of carboxylic acid groups (broad SMARTS) is 1. The summed E-state index contributed by atoms with van der Waals surface area (Å²) in [6.07, 6.45) is 5.65. The first kappa shape index (κ1) is 20.6. The number of amides is 2. The molecule has 0 saturated carbocycles. The van der Waals surface area contributed by atoms with Crippen molar-refractivity contribution in [2.75, 3.05) is 11.1 Å². The first-order valence-corrected chi connectivity index (χ1v) is 11.5. The third kappa shape index (κ3) is 3.75. The van der Waals surface area contributed by atoms with Crippen molar-refractivity contribution < 1.29 is 24.1 Å². The number of nitrogens with zero attached hydrogens (tertiary/aromatic N) is 2. The molecule has 2 amide bonds. The highest BCUT2D eigenvalue weighted by Gasteiger charge is 2.53. The minimum atomic E-state index is -1.14. The molecule has 2 aliphatic heterocycles. The molecule has 1 saturated heterocycles. The van der Waals surface area contributed by atoms with Crippen LogP contribution in [-0.4, -0.2) is 50.3 Å². The normalized spacial score (nSPS) is 21.0. The Balaban J connectivity index is 1.55. The smallest absolute Gasteiger partial charge is 0.352 e. The Morgan fingerprint density at radius 1 is 1.30 bits per heavy atom. The first-order valence-electron chi connectivity index (χ1n) is 9.31. The van der Waals surface area contributed by atoms with Gasteiger partial charge in [-0.2, -0.15) is 4.57 Å². The highest BCUT2D eigenvalue weighted by Crippen LogP contribution is 2.40. The summed E-state index contributed by atoms with van der Waals surface area (Å²) >= 11 is 4.50. The van der Waals surface area contributed by atoms with Crippen LogP contribution in [0.5, 0.6) is 0 Å². The molecule has 2 aromatic rings. The average molecular weight is 489 g/mol. The van der Waals surface area contributed by atoms with Crippen LogP contribution in [0, 0.1) is 0 Å². The molecule has 2 N–H and O–H groups in total. The van der Waals surface area contributed by atoms with Crippen molar-refractivity contribution in [2.24, 2.45) is 0 Å². The van der Waals surface area contributed by atoms with Crippen LogP contribution in [0.15, 0.2) is 66.0 Å². The number of rotatable bonds is 6. The third-order valence-electron chi connectivity index (χ3n) is 5.05. The summed E-state index contributed by atoms with van der Waals surface area (Å²) in [5.74, 6) is -1.38. The molecule has 0 bridgehead atoms. The van der Waals surface area contributed by atoms with Gasteiger partial charge >= 0.3 is 5.97 Å². The molecule has 1 fully saturated rings. The zero-order valence-corrected chi connectivity index (χ0v) is 18.2. The van der Waals surface area contributed by atoms with E-state index in [1.165, 1.54) is 16.7 Å². The van der Waals surface area contributed by atoms with Crippen molar-refractivity contribution >= 4 is 56.4 Å². The topological polar surface area (TPSA) is 90.6 Å². The van der Waals surface area contributed by atoms with E-state index in [0.717, 1.165) is 10.9 Å². The number of aliphatic carboxylic acids is 1. The highest BCUT2D eigenvalue weighted by molar-refractivity contribution is 9.09. The van der Waals surface area contributed by atoms with Crippen LogP contribution in [0.2, 0.25) is 0 Å². The quantitative estimate of drug-likeness (QED) is 0.367. The molecule has 2 atom stereocenters. The van der Waals surface area contributed by atoms with Crippen molar-refractivity contribution in [3.63, 3.8) is 0 Å². The van der Waals surface area contributed by atoms with Gasteiger partial charge in [0.05, 0.1) is 5.33 Å². The molecule has 154 valence electrons. The summed E-state index contributed by atoms with van der Waals surface area (Å²) in [7, 11) is 0. The summed E-state index contributed by atoms with van der Waals surface area (Å²) in [6.45, 7) is 0.573. The van der Waals surface area contributed by atoms with Crippen molar-refractivity contribution in [2.45, 2.75) is 18.0 Å². The Hall–Kier alpha value is -2.65. The molecular formula is C21H19BrN3O4S+. The van der Waals surface area contributed by atoms with Crippen LogP contribution in [-0.2, 0) is 20.9 Å². The number of β-lactam (4-membered cyclic amide) rings is 1. The average Bonchev–Trinajstić information content (AvgIpc) is 2.76. The van der Waals surface area contributed by atoms with Gasteiger partial charge in [-0.05, 0) is 23.8 Å². The van der Waals surface area contributed by atoms with Crippen molar-refractivity contribution in [1.29, 1.82) is 0 Å². The van der Waals surface area contributed by atoms with Gasteiger partial charge < -0.3 is 10.4 Å². The van der Waals surface area contributed by atoms with Crippen LogP contribution in [0.1, 0.15) is 0 Å². The summed E-state index contributed by atoms with van der Waals surface area (Å²) in [5, 5.41) is 13.2. The monoisotopic (exact) mass is 488 g/mol. The number of pyridine rings is 1. The number of hydrogen-bond donors (Lipinski definition) is 2. The number of carbonyl (C=O) groups excluding carboxylic acids is 2. The van der Waals surface area contributed by atoms with Gasteiger partial charge in [0.2, 0.25) is 11.4 Å². The number of benzene rings is 1. The van der Waals surface area contributed by atoms with Crippen LogP contribution in [0.25, 0.3) is 10.9 Å². The molecule has 2 aliphatic rings. The molecule has 0 spiro atoms. The maximum Gasteiger partial charge on any atom is 0.352 e. The van der Waals surface area contributed by atoms with Gasteiger partial charge in [0, 0.05) is 23.3 Å². The Morgan fingerprint density at radius 3 is 2.83 bits per heavy atom. The number of fused-ring (bicyclic) bond motifs is 2. The molecule has 1 aromatic carbocycles. The first-order chi connectivity index (χ1) is 14.5. The lowest BCUT2D eigenvalue weighted by Crippen LogP contribution is -2.70. The number of alkyl halides is 1. The molecule has 0 aliphatic carbocycles. The molecule has 0 radical (unpaired) electrons. The number of nitrogens with one attached hydrogen (secondary N) is 1. The lowest BCUT2D eigenvalue weighted by atomic mass is 10.0. The number of para-hydroxylation sites is 1. The summed E-state index contributed by atoms with van der Waals surface area (Å²) in [5.41, 5.74) is 1.66. The number of hydrogen-bond acceptors (Lipinski definition) is 4. The Morgan fingerprint density at radius 2 is 2.07 bits per heavy atom. The van der Waals surface area contributed by atoms with E-state index >= 15 is 0 Å². The fraction of sp³-hybridized carbons (Fsp3) is 0.238. The largest absolute Gasteiger partial charge is 0.477 e. The predicted molar refractivity (Wildman–Crippen MR) is 117 cm³/mol. The van der Waals surface area contributed by atoms with E-state index in [1.54, 1.807) is 6.08 Å². The number of aromatic nitrogens is 1. The molecule has 0 unspecified atom stereocenters. The van der Waals surface area contributed by atoms with Crippen LogP contribution < -0.4 is 9.88 Å². The minimum absolute atomic E-state index is 0.00717. The van der Waals surface area contributed by atoms with Gasteiger partial charge in [-0.3, -0.25) is 14.5 Å². The van der Waals surface area contributed by atoms with Gasteiger partial charge in [0.15, 0.2) is 12.7 Å². The van der Waals surface area contributed by atoms with Gasteiger partial charge in [0.1, 0.15) is 17.1 Å². The number of carboxylic acids is 1. The molecule has 7 nitrogen and oxygen atoms in total. The Labute approximate surface area is 185 Å².